The molecule has 120 valence electrons. The summed E-state index contributed by atoms with van der Waals surface area (Å²) in [5.41, 5.74) is 8.83. The lowest BCUT2D eigenvalue weighted by molar-refractivity contribution is -0.127. The first-order valence-electron chi connectivity index (χ1n) is 7.56. The van der Waals surface area contributed by atoms with Crippen LogP contribution in [0.2, 0.25) is 0 Å². The molecule has 3 N–H and O–H groups in total. The van der Waals surface area contributed by atoms with Crippen LogP contribution < -0.4 is 16.0 Å². The summed E-state index contributed by atoms with van der Waals surface area (Å²) in [6, 6.07) is 8.36. The van der Waals surface area contributed by atoms with Gasteiger partial charge in [0, 0.05) is 29.7 Å². The number of anilines is 2. The van der Waals surface area contributed by atoms with E-state index in [-0.39, 0.29) is 12.5 Å². The zero-order valence-corrected chi connectivity index (χ0v) is 13.4. The number of benzene rings is 1. The van der Waals surface area contributed by atoms with E-state index in [4.69, 9.17) is 10.5 Å². The molecule has 0 atom stereocenters. The molecule has 2 aliphatic heterocycles. The summed E-state index contributed by atoms with van der Waals surface area (Å²) in [6.45, 7) is 3.86. The number of carbonyl (C=O) groups is 1. The maximum absolute atomic E-state index is 11.3. The van der Waals surface area contributed by atoms with Gasteiger partial charge in [0.25, 0.3) is 0 Å². The summed E-state index contributed by atoms with van der Waals surface area (Å²) in [4.78, 5) is 18.2. The molecule has 1 aromatic carbocycles. The largest absolute Gasteiger partial charge is 0.380 e. The van der Waals surface area contributed by atoms with E-state index < -0.39 is 0 Å². The molecule has 6 nitrogen and oxygen atoms in total. The summed E-state index contributed by atoms with van der Waals surface area (Å²) in [5.74, 6) is -0.228. The number of hydrogen-bond acceptors (Lipinski definition) is 6. The minimum atomic E-state index is -0.228. The van der Waals surface area contributed by atoms with Gasteiger partial charge in [-0.2, -0.15) is 0 Å². The Morgan fingerprint density at radius 1 is 1.43 bits per heavy atom. The fourth-order valence-corrected chi connectivity index (χ4v) is 3.75. The third-order valence-electron chi connectivity index (χ3n) is 4.31. The summed E-state index contributed by atoms with van der Waals surface area (Å²) >= 11 is 1.41. The van der Waals surface area contributed by atoms with Crippen molar-refractivity contribution >= 4 is 28.1 Å². The Balaban J connectivity index is 1.49. The molecule has 0 radical (unpaired) electrons. The maximum atomic E-state index is 11.3. The van der Waals surface area contributed by atoms with Crippen LogP contribution in [-0.2, 0) is 9.53 Å². The highest BCUT2D eigenvalue weighted by Crippen LogP contribution is 2.41. The van der Waals surface area contributed by atoms with Gasteiger partial charge in [-0.1, -0.05) is 12.1 Å². The molecule has 2 saturated heterocycles. The number of nitrogens with zero attached hydrogens (tertiary/aromatic N) is 2. The van der Waals surface area contributed by atoms with Crippen LogP contribution in [0.4, 0.5) is 10.8 Å². The topological polar surface area (TPSA) is 80.5 Å². The van der Waals surface area contributed by atoms with Gasteiger partial charge in [0.05, 0.1) is 30.9 Å². The number of hydrogen-bond donors (Lipinski definition) is 2. The summed E-state index contributed by atoms with van der Waals surface area (Å²) in [6.07, 6.45) is 0. The molecular formula is C16H18N4O2S. The maximum Gasteiger partial charge on any atom is 0.239 e. The average molecular weight is 330 g/mol. The van der Waals surface area contributed by atoms with Gasteiger partial charge in [-0.3, -0.25) is 4.79 Å². The molecule has 2 aliphatic rings. The predicted molar refractivity (Wildman–Crippen MR) is 90.7 cm³/mol. The first-order chi connectivity index (χ1) is 11.2. The van der Waals surface area contributed by atoms with Crippen molar-refractivity contribution in [3.8, 4) is 11.3 Å². The van der Waals surface area contributed by atoms with E-state index in [9.17, 15) is 4.79 Å². The normalized spacial score (nSPS) is 18.4. The third kappa shape index (κ3) is 2.71. The van der Waals surface area contributed by atoms with E-state index in [1.54, 1.807) is 0 Å². The molecule has 4 rings (SSSR count). The fourth-order valence-electron chi connectivity index (χ4n) is 3.02. The zero-order chi connectivity index (χ0) is 15.9. The zero-order valence-electron chi connectivity index (χ0n) is 12.6. The highest BCUT2D eigenvalue weighted by atomic mass is 32.1. The Bertz CT molecular complexity index is 733. The van der Waals surface area contributed by atoms with Crippen LogP contribution in [0.15, 0.2) is 29.6 Å². The van der Waals surface area contributed by atoms with Crippen molar-refractivity contribution in [2.75, 3.05) is 43.1 Å². The minimum absolute atomic E-state index is 0.0369. The summed E-state index contributed by atoms with van der Waals surface area (Å²) in [7, 11) is 0. The Kier molecular flexibility index (Phi) is 3.56. The lowest BCUT2D eigenvalue weighted by Gasteiger charge is -2.56. The molecule has 23 heavy (non-hydrogen) atoms. The van der Waals surface area contributed by atoms with Crippen LogP contribution in [0.25, 0.3) is 11.3 Å². The van der Waals surface area contributed by atoms with Crippen molar-refractivity contribution < 1.29 is 9.53 Å². The summed E-state index contributed by atoms with van der Waals surface area (Å²) in [5, 5.41) is 5.21. The second-order valence-corrected chi connectivity index (χ2v) is 7.05. The van der Waals surface area contributed by atoms with Crippen LogP contribution >= 0.6 is 11.3 Å². The van der Waals surface area contributed by atoms with Crippen molar-refractivity contribution in [3.05, 3.63) is 29.6 Å². The van der Waals surface area contributed by atoms with Crippen LogP contribution in [0.1, 0.15) is 0 Å². The average Bonchev–Trinajstić information content (AvgIpc) is 2.93. The number of amides is 1. The first-order valence-corrected chi connectivity index (χ1v) is 8.44. The van der Waals surface area contributed by atoms with E-state index in [2.05, 4.69) is 27.3 Å². The molecule has 2 fully saturated rings. The highest BCUT2D eigenvalue weighted by Gasteiger charge is 2.49. The molecule has 7 heteroatoms. The summed E-state index contributed by atoms with van der Waals surface area (Å²) < 4.78 is 5.32. The fraction of sp³-hybridized carbons (Fsp3) is 0.375. The predicted octanol–water partition coefficient (Wildman–Crippen LogP) is 1.54. The number of nitrogens with two attached hydrogens (primary N) is 1. The molecule has 0 aliphatic carbocycles. The second-order valence-electron chi connectivity index (χ2n) is 6.19. The molecule has 2 aromatic rings. The van der Waals surface area contributed by atoms with E-state index >= 15 is 0 Å². The van der Waals surface area contributed by atoms with Crippen molar-refractivity contribution in [1.29, 1.82) is 0 Å². The molecule has 0 unspecified atom stereocenters. The number of nitrogens with one attached hydrogen (secondary N) is 1. The molecule has 0 saturated carbocycles. The van der Waals surface area contributed by atoms with Gasteiger partial charge in [-0.05, 0) is 12.1 Å². The number of ether oxygens (including phenoxy) is 1. The first kappa shape index (κ1) is 14.6. The van der Waals surface area contributed by atoms with Crippen LogP contribution in [0.5, 0.6) is 0 Å². The number of carbonyl (C=O) groups excluding carboxylic acids is 1. The van der Waals surface area contributed by atoms with Crippen molar-refractivity contribution in [2.45, 2.75) is 0 Å². The van der Waals surface area contributed by atoms with Crippen LogP contribution in [0.3, 0.4) is 0 Å². The molecule has 3 heterocycles. The molecule has 1 aromatic heterocycles. The molecule has 0 bridgehead atoms. The van der Waals surface area contributed by atoms with Gasteiger partial charge in [0.1, 0.15) is 0 Å². The van der Waals surface area contributed by atoms with Crippen LogP contribution in [0, 0.1) is 5.41 Å². The van der Waals surface area contributed by atoms with E-state index in [0.29, 0.717) is 10.5 Å². The molecular weight excluding hydrogens is 312 g/mol. The van der Waals surface area contributed by atoms with Gasteiger partial charge < -0.3 is 20.7 Å². The minimum Gasteiger partial charge on any atom is -0.380 e. The number of aromatic nitrogens is 1. The Morgan fingerprint density at radius 3 is 2.96 bits per heavy atom. The highest BCUT2D eigenvalue weighted by molar-refractivity contribution is 7.14. The number of rotatable bonds is 4. The Hall–Kier alpha value is -1.96. The quantitative estimate of drug-likeness (QED) is 0.889. The second kappa shape index (κ2) is 5.59. The van der Waals surface area contributed by atoms with Gasteiger partial charge in [0.15, 0.2) is 5.13 Å². The van der Waals surface area contributed by atoms with Gasteiger partial charge >= 0.3 is 0 Å². The third-order valence-corrected chi connectivity index (χ3v) is 5.07. The van der Waals surface area contributed by atoms with Crippen LogP contribution in [-0.4, -0.2) is 43.7 Å². The molecule has 1 amide bonds. The SMILES string of the molecule is NCC(=O)Nc1nc(-c2cccc(N3CC4(COC4)C3)c2)cs1. The monoisotopic (exact) mass is 330 g/mol. The Morgan fingerprint density at radius 2 is 2.26 bits per heavy atom. The standard InChI is InChI=1S/C16H18N4O2S/c17-5-14(21)19-15-18-13(6-23-15)11-2-1-3-12(4-11)20-7-16(8-20)9-22-10-16/h1-4,6H,5,7-10,17H2,(H,18,19,21). The van der Waals surface area contributed by atoms with Crippen molar-refractivity contribution in [3.63, 3.8) is 0 Å². The number of thiazole rings is 1. The van der Waals surface area contributed by atoms with Gasteiger partial charge in [-0.15, -0.1) is 11.3 Å². The van der Waals surface area contributed by atoms with E-state index in [0.717, 1.165) is 37.6 Å². The van der Waals surface area contributed by atoms with E-state index in [1.165, 1.54) is 17.0 Å². The Labute approximate surface area is 138 Å². The van der Waals surface area contributed by atoms with Crippen molar-refractivity contribution in [1.82, 2.24) is 4.98 Å². The lowest BCUT2D eigenvalue weighted by atomic mass is 9.77. The van der Waals surface area contributed by atoms with E-state index in [1.807, 2.05) is 17.5 Å². The van der Waals surface area contributed by atoms with Gasteiger partial charge in [0.2, 0.25) is 5.91 Å². The molecule has 1 spiro atoms. The van der Waals surface area contributed by atoms with Crippen molar-refractivity contribution in [2.24, 2.45) is 11.1 Å². The lowest BCUT2D eigenvalue weighted by Crippen LogP contribution is -2.66. The van der Waals surface area contributed by atoms with Gasteiger partial charge in [-0.25, -0.2) is 4.98 Å². The smallest absolute Gasteiger partial charge is 0.239 e.